The van der Waals surface area contributed by atoms with Gasteiger partial charge >= 0.3 is 0 Å². The second-order valence-corrected chi connectivity index (χ2v) is 5.30. The van der Waals surface area contributed by atoms with Crippen LogP contribution in [0.25, 0.3) is 11.1 Å². The van der Waals surface area contributed by atoms with Crippen LogP contribution in [-0.4, -0.2) is 9.78 Å². The van der Waals surface area contributed by atoms with Gasteiger partial charge in [0.05, 0.1) is 12.7 Å². The van der Waals surface area contributed by atoms with Crippen molar-refractivity contribution in [2.24, 2.45) is 0 Å². The minimum Gasteiger partial charge on any atom is -0.268 e. The second kappa shape index (κ2) is 5.51. The van der Waals surface area contributed by atoms with Crippen LogP contribution in [0.3, 0.4) is 0 Å². The van der Waals surface area contributed by atoms with Crippen molar-refractivity contribution in [3.63, 3.8) is 0 Å². The van der Waals surface area contributed by atoms with Gasteiger partial charge in [-0.3, -0.25) is 4.68 Å². The molecule has 0 aliphatic rings. The van der Waals surface area contributed by atoms with E-state index in [1.54, 1.807) is 0 Å². The number of rotatable bonds is 3. The van der Waals surface area contributed by atoms with Crippen LogP contribution in [-0.2, 0) is 6.54 Å². The Morgan fingerprint density at radius 2 is 1.75 bits per heavy atom. The van der Waals surface area contributed by atoms with Gasteiger partial charge in [0, 0.05) is 16.8 Å². The lowest BCUT2D eigenvalue weighted by Crippen LogP contribution is -2.01. The Labute approximate surface area is 123 Å². The Hall–Kier alpha value is -2.06. The number of nitrogens with zero attached hydrogens (tertiary/aromatic N) is 2. The molecule has 0 saturated heterocycles. The largest absolute Gasteiger partial charge is 0.268 e. The first kappa shape index (κ1) is 12.9. The van der Waals surface area contributed by atoms with Crippen LogP contribution >= 0.6 is 11.6 Å². The standard InChI is InChI=1S/C17H15ClN2/c1-13-4-2-3-5-15(13)11-20-12-16(10-19-20)14-6-8-17(18)9-7-14/h2-10,12H,11H2,1H3. The highest BCUT2D eigenvalue weighted by molar-refractivity contribution is 6.30. The minimum absolute atomic E-state index is 0.751. The summed E-state index contributed by atoms with van der Waals surface area (Å²) in [5.74, 6) is 0. The van der Waals surface area contributed by atoms with E-state index in [9.17, 15) is 0 Å². The smallest absolute Gasteiger partial charge is 0.0662 e. The van der Waals surface area contributed by atoms with Gasteiger partial charge < -0.3 is 0 Å². The fourth-order valence-corrected chi connectivity index (χ4v) is 2.33. The summed E-state index contributed by atoms with van der Waals surface area (Å²) >= 11 is 5.91. The summed E-state index contributed by atoms with van der Waals surface area (Å²) in [6, 6.07) is 16.2. The lowest BCUT2D eigenvalue weighted by atomic mass is 10.1. The molecule has 3 aromatic rings. The van der Waals surface area contributed by atoms with Gasteiger partial charge in [0.25, 0.3) is 0 Å². The first-order chi connectivity index (χ1) is 9.72. The fourth-order valence-electron chi connectivity index (χ4n) is 2.20. The van der Waals surface area contributed by atoms with Gasteiger partial charge in [0.2, 0.25) is 0 Å². The van der Waals surface area contributed by atoms with Crippen molar-refractivity contribution in [3.05, 3.63) is 77.1 Å². The molecule has 1 heterocycles. The van der Waals surface area contributed by atoms with Crippen molar-refractivity contribution in [3.8, 4) is 11.1 Å². The number of aromatic nitrogens is 2. The molecule has 0 unspecified atom stereocenters. The van der Waals surface area contributed by atoms with E-state index in [-0.39, 0.29) is 0 Å². The molecule has 2 aromatic carbocycles. The van der Waals surface area contributed by atoms with Crippen molar-refractivity contribution < 1.29 is 0 Å². The summed E-state index contributed by atoms with van der Waals surface area (Å²) in [6.45, 7) is 2.92. The van der Waals surface area contributed by atoms with Crippen molar-refractivity contribution in [2.75, 3.05) is 0 Å². The average molecular weight is 283 g/mol. The molecule has 0 aliphatic carbocycles. The number of hydrogen-bond acceptors (Lipinski definition) is 1. The Morgan fingerprint density at radius 1 is 1.00 bits per heavy atom. The van der Waals surface area contributed by atoms with Crippen LogP contribution < -0.4 is 0 Å². The monoisotopic (exact) mass is 282 g/mol. The molecular formula is C17H15ClN2. The van der Waals surface area contributed by atoms with Gasteiger partial charge in [-0.15, -0.1) is 0 Å². The maximum atomic E-state index is 5.91. The third-order valence-electron chi connectivity index (χ3n) is 3.40. The summed E-state index contributed by atoms with van der Waals surface area (Å²) in [7, 11) is 0. The molecule has 20 heavy (non-hydrogen) atoms. The summed E-state index contributed by atoms with van der Waals surface area (Å²) in [5.41, 5.74) is 4.81. The van der Waals surface area contributed by atoms with Crippen LogP contribution in [0.2, 0.25) is 5.02 Å². The predicted molar refractivity (Wildman–Crippen MR) is 83.0 cm³/mol. The Bertz CT molecular complexity index is 714. The van der Waals surface area contributed by atoms with E-state index >= 15 is 0 Å². The van der Waals surface area contributed by atoms with Crippen LogP contribution in [0.5, 0.6) is 0 Å². The first-order valence-electron chi connectivity index (χ1n) is 6.55. The van der Waals surface area contributed by atoms with Crippen LogP contribution in [0.15, 0.2) is 60.9 Å². The first-order valence-corrected chi connectivity index (χ1v) is 6.93. The SMILES string of the molecule is Cc1ccccc1Cn1cc(-c2ccc(Cl)cc2)cn1. The maximum absolute atomic E-state index is 5.91. The highest BCUT2D eigenvalue weighted by Crippen LogP contribution is 2.21. The zero-order valence-corrected chi connectivity index (χ0v) is 12.0. The molecule has 2 nitrogen and oxygen atoms in total. The zero-order chi connectivity index (χ0) is 13.9. The molecule has 0 radical (unpaired) electrons. The number of aryl methyl sites for hydroxylation is 1. The Morgan fingerprint density at radius 3 is 2.50 bits per heavy atom. The van der Waals surface area contributed by atoms with Gasteiger partial charge in [-0.05, 0) is 35.7 Å². The molecule has 3 heteroatoms. The molecule has 100 valence electrons. The quantitative estimate of drug-likeness (QED) is 0.688. The van der Waals surface area contributed by atoms with Crippen molar-refractivity contribution in [1.82, 2.24) is 9.78 Å². The third kappa shape index (κ3) is 2.75. The molecule has 0 N–H and O–H groups in total. The average Bonchev–Trinajstić information content (AvgIpc) is 2.91. The molecule has 0 amide bonds. The summed E-state index contributed by atoms with van der Waals surface area (Å²) in [4.78, 5) is 0. The van der Waals surface area contributed by atoms with Crippen molar-refractivity contribution in [1.29, 1.82) is 0 Å². The van der Waals surface area contributed by atoms with E-state index in [0.717, 1.165) is 22.7 Å². The van der Waals surface area contributed by atoms with Gasteiger partial charge in [-0.2, -0.15) is 5.10 Å². The lowest BCUT2D eigenvalue weighted by Gasteiger charge is -2.05. The minimum atomic E-state index is 0.751. The van der Waals surface area contributed by atoms with E-state index in [1.807, 2.05) is 35.1 Å². The van der Waals surface area contributed by atoms with Crippen molar-refractivity contribution >= 4 is 11.6 Å². The molecule has 0 aliphatic heterocycles. The van der Waals surface area contributed by atoms with Gasteiger partial charge in [0.15, 0.2) is 0 Å². The number of hydrogen-bond donors (Lipinski definition) is 0. The normalized spacial score (nSPS) is 10.7. The Kier molecular flexibility index (Phi) is 3.57. The summed E-state index contributed by atoms with van der Waals surface area (Å²) in [6.07, 6.45) is 3.96. The van der Waals surface area contributed by atoms with Crippen LogP contribution in [0, 0.1) is 6.92 Å². The fraction of sp³-hybridized carbons (Fsp3) is 0.118. The summed E-state index contributed by atoms with van der Waals surface area (Å²) in [5, 5.41) is 5.19. The molecule has 3 rings (SSSR count). The van der Waals surface area contributed by atoms with Gasteiger partial charge in [0.1, 0.15) is 0 Å². The van der Waals surface area contributed by atoms with Crippen LogP contribution in [0.1, 0.15) is 11.1 Å². The topological polar surface area (TPSA) is 17.8 Å². The maximum Gasteiger partial charge on any atom is 0.0662 e. The molecule has 0 fully saturated rings. The van der Waals surface area contributed by atoms with E-state index < -0.39 is 0 Å². The van der Waals surface area contributed by atoms with Gasteiger partial charge in [-0.25, -0.2) is 0 Å². The molecule has 0 bridgehead atoms. The van der Waals surface area contributed by atoms with E-state index in [0.29, 0.717) is 0 Å². The molecular weight excluding hydrogens is 268 g/mol. The third-order valence-corrected chi connectivity index (χ3v) is 3.66. The highest BCUT2D eigenvalue weighted by Gasteiger charge is 2.03. The van der Waals surface area contributed by atoms with E-state index in [4.69, 9.17) is 11.6 Å². The van der Waals surface area contributed by atoms with Gasteiger partial charge in [-0.1, -0.05) is 48.0 Å². The molecule has 1 aromatic heterocycles. The van der Waals surface area contributed by atoms with E-state index in [1.165, 1.54) is 11.1 Å². The van der Waals surface area contributed by atoms with E-state index in [2.05, 4.69) is 42.5 Å². The molecule has 0 saturated carbocycles. The number of halogens is 1. The number of benzene rings is 2. The summed E-state index contributed by atoms with van der Waals surface area (Å²) < 4.78 is 1.96. The van der Waals surface area contributed by atoms with Crippen LogP contribution in [0.4, 0.5) is 0 Å². The molecule has 0 spiro atoms. The lowest BCUT2D eigenvalue weighted by molar-refractivity contribution is 0.684. The van der Waals surface area contributed by atoms with Crippen molar-refractivity contribution in [2.45, 2.75) is 13.5 Å². The zero-order valence-electron chi connectivity index (χ0n) is 11.3. The predicted octanol–water partition coefficient (Wildman–Crippen LogP) is 4.56. The highest BCUT2D eigenvalue weighted by atomic mass is 35.5. The second-order valence-electron chi connectivity index (χ2n) is 4.86. The molecule has 0 atom stereocenters. The Balaban J connectivity index is 1.84.